The predicted molar refractivity (Wildman–Crippen MR) is 67.1 cm³/mol. The molecule has 0 bridgehead atoms. The Balaban J connectivity index is 2.04. The Kier molecular flexibility index (Phi) is 3.89. The highest BCUT2D eigenvalue weighted by Crippen LogP contribution is 2.33. The molecule has 0 aromatic heterocycles. The standard InChI is InChI=1S/C13H17ClFNO/c1-17-11-5-2-4-10(12(11)15)8-16-13(9-14)6-3-7-13/h2,4-5,16H,3,6-9H2,1H3. The van der Waals surface area contributed by atoms with Crippen molar-refractivity contribution >= 4 is 11.6 Å². The fraction of sp³-hybridized carbons (Fsp3) is 0.538. The van der Waals surface area contributed by atoms with Crippen LogP contribution in [0.25, 0.3) is 0 Å². The van der Waals surface area contributed by atoms with E-state index in [2.05, 4.69) is 5.32 Å². The van der Waals surface area contributed by atoms with Gasteiger partial charge in [0.2, 0.25) is 0 Å². The normalized spacial score (nSPS) is 17.6. The summed E-state index contributed by atoms with van der Waals surface area (Å²) in [6.07, 6.45) is 3.34. The maximum absolute atomic E-state index is 13.9. The van der Waals surface area contributed by atoms with Crippen molar-refractivity contribution in [2.45, 2.75) is 31.3 Å². The number of nitrogens with one attached hydrogen (secondary N) is 1. The second-order valence-electron chi connectivity index (χ2n) is 4.55. The lowest BCUT2D eigenvalue weighted by Crippen LogP contribution is -2.52. The van der Waals surface area contributed by atoms with Crippen LogP contribution in [0.3, 0.4) is 0 Å². The highest BCUT2D eigenvalue weighted by atomic mass is 35.5. The molecule has 1 N–H and O–H groups in total. The Morgan fingerprint density at radius 3 is 2.76 bits per heavy atom. The number of halogens is 2. The van der Waals surface area contributed by atoms with Gasteiger partial charge in [0.25, 0.3) is 0 Å². The average Bonchev–Trinajstić information content (AvgIpc) is 2.30. The summed E-state index contributed by atoms with van der Waals surface area (Å²) in [6.45, 7) is 0.496. The van der Waals surface area contributed by atoms with Crippen LogP contribution in [-0.4, -0.2) is 18.5 Å². The molecule has 0 amide bonds. The molecule has 0 heterocycles. The van der Waals surface area contributed by atoms with Gasteiger partial charge in [0.1, 0.15) is 0 Å². The van der Waals surface area contributed by atoms with E-state index >= 15 is 0 Å². The van der Waals surface area contributed by atoms with Crippen LogP contribution in [0, 0.1) is 5.82 Å². The molecule has 0 unspecified atom stereocenters. The van der Waals surface area contributed by atoms with E-state index < -0.39 is 0 Å². The molecule has 17 heavy (non-hydrogen) atoms. The van der Waals surface area contributed by atoms with Gasteiger partial charge in [-0.25, -0.2) is 4.39 Å². The van der Waals surface area contributed by atoms with E-state index in [1.165, 1.54) is 13.5 Å². The van der Waals surface area contributed by atoms with Crippen molar-refractivity contribution in [2.75, 3.05) is 13.0 Å². The molecule has 1 fully saturated rings. The Hall–Kier alpha value is -0.800. The van der Waals surface area contributed by atoms with E-state index in [4.69, 9.17) is 16.3 Å². The average molecular weight is 258 g/mol. The van der Waals surface area contributed by atoms with Crippen LogP contribution in [0.5, 0.6) is 5.75 Å². The van der Waals surface area contributed by atoms with Gasteiger partial charge in [-0.2, -0.15) is 0 Å². The molecule has 2 rings (SSSR count). The van der Waals surface area contributed by atoms with Crippen molar-refractivity contribution in [1.29, 1.82) is 0 Å². The summed E-state index contributed by atoms with van der Waals surface area (Å²) in [5, 5.41) is 3.36. The Labute approximate surface area is 106 Å². The highest BCUT2D eigenvalue weighted by Gasteiger charge is 2.35. The number of methoxy groups -OCH3 is 1. The Morgan fingerprint density at radius 1 is 1.47 bits per heavy atom. The third-order valence-electron chi connectivity index (χ3n) is 3.48. The molecule has 0 spiro atoms. The van der Waals surface area contributed by atoms with E-state index in [0.29, 0.717) is 18.0 Å². The smallest absolute Gasteiger partial charge is 0.169 e. The molecule has 94 valence electrons. The maximum Gasteiger partial charge on any atom is 0.169 e. The zero-order valence-electron chi connectivity index (χ0n) is 9.93. The fourth-order valence-electron chi connectivity index (χ4n) is 2.09. The molecule has 0 radical (unpaired) electrons. The van der Waals surface area contributed by atoms with E-state index in [0.717, 1.165) is 12.8 Å². The molecule has 2 nitrogen and oxygen atoms in total. The first kappa shape index (κ1) is 12.7. The second kappa shape index (κ2) is 5.23. The van der Waals surface area contributed by atoms with E-state index in [9.17, 15) is 4.39 Å². The van der Waals surface area contributed by atoms with Crippen molar-refractivity contribution in [3.63, 3.8) is 0 Å². The van der Waals surface area contributed by atoms with Gasteiger partial charge in [0, 0.05) is 23.5 Å². The van der Waals surface area contributed by atoms with Crippen LogP contribution < -0.4 is 10.1 Å². The molecule has 1 saturated carbocycles. The van der Waals surface area contributed by atoms with Gasteiger partial charge in [-0.05, 0) is 25.3 Å². The van der Waals surface area contributed by atoms with Gasteiger partial charge in [-0.15, -0.1) is 11.6 Å². The van der Waals surface area contributed by atoms with Gasteiger partial charge < -0.3 is 10.1 Å². The first-order chi connectivity index (χ1) is 8.21. The lowest BCUT2D eigenvalue weighted by atomic mass is 9.78. The van der Waals surface area contributed by atoms with Crippen LogP contribution in [-0.2, 0) is 6.54 Å². The fourth-order valence-corrected chi connectivity index (χ4v) is 2.46. The maximum atomic E-state index is 13.9. The number of alkyl halides is 1. The minimum Gasteiger partial charge on any atom is -0.494 e. The number of ether oxygens (including phenoxy) is 1. The minimum atomic E-state index is -0.286. The quantitative estimate of drug-likeness (QED) is 0.819. The summed E-state index contributed by atoms with van der Waals surface area (Å²) >= 11 is 5.94. The second-order valence-corrected chi connectivity index (χ2v) is 4.82. The number of benzene rings is 1. The molecular weight excluding hydrogens is 241 g/mol. The van der Waals surface area contributed by atoms with Crippen LogP contribution >= 0.6 is 11.6 Å². The topological polar surface area (TPSA) is 21.3 Å². The van der Waals surface area contributed by atoms with Gasteiger partial charge in [0.05, 0.1) is 7.11 Å². The zero-order chi connectivity index (χ0) is 12.3. The molecule has 0 aliphatic heterocycles. The summed E-state index contributed by atoms with van der Waals surface area (Å²) in [7, 11) is 1.47. The van der Waals surface area contributed by atoms with Crippen LogP contribution in [0.15, 0.2) is 18.2 Å². The Morgan fingerprint density at radius 2 is 2.24 bits per heavy atom. The van der Waals surface area contributed by atoms with Gasteiger partial charge in [-0.1, -0.05) is 12.1 Å². The van der Waals surface area contributed by atoms with Gasteiger partial charge in [0.15, 0.2) is 11.6 Å². The molecule has 1 aromatic rings. The number of rotatable bonds is 5. The van der Waals surface area contributed by atoms with Gasteiger partial charge in [-0.3, -0.25) is 0 Å². The zero-order valence-corrected chi connectivity index (χ0v) is 10.7. The lowest BCUT2D eigenvalue weighted by Gasteiger charge is -2.41. The third-order valence-corrected chi connectivity index (χ3v) is 4.00. The molecular formula is C13H17ClFNO. The Bertz CT molecular complexity index is 387. The predicted octanol–water partition coefficient (Wildman–Crippen LogP) is 3.09. The summed E-state index contributed by atoms with van der Waals surface area (Å²) in [6, 6.07) is 5.19. The summed E-state index contributed by atoms with van der Waals surface area (Å²) in [4.78, 5) is 0. The largest absolute Gasteiger partial charge is 0.494 e. The van der Waals surface area contributed by atoms with Crippen molar-refractivity contribution in [2.24, 2.45) is 0 Å². The summed E-state index contributed by atoms with van der Waals surface area (Å²) in [5.74, 6) is 0.586. The molecule has 1 aliphatic rings. The molecule has 0 saturated heterocycles. The first-order valence-electron chi connectivity index (χ1n) is 5.83. The van der Waals surface area contributed by atoms with Crippen LogP contribution in [0.1, 0.15) is 24.8 Å². The molecule has 1 aliphatic carbocycles. The monoisotopic (exact) mass is 257 g/mol. The van der Waals surface area contributed by atoms with Crippen molar-refractivity contribution in [3.05, 3.63) is 29.6 Å². The molecule has 1 aromatic carbocycles. The SMILES string of the molecule is COc1cccc(CNC2(CCl)CCC2)c1F. The van der Waals surface area contributed by atoms with E-state index in [-0.39, 0.29) is 17.1 Å². The third kappa shape index (κ3) is 2.55. The van der Waals surface area contributed by atoms with Crippen molar-refractivity contribution in [1.82, 2.24) is 5.32 Å². The lowest BCUT2D eigenvalue weighted by molar-refractivity contribution is 0.210. The van der Waals surface area contributed by atoms with E-state index in [1.807, 2.05) is 0 Å². The highest BCUT2D eigenvalue weighted by molar-refractivity contribution is 6.18. The summed E-state index contributed by atoms with van der Waals surface area (Å²) < 4.78 is 18.8. The van der Waals surface area contributed by atoms with Crippen LogP contribution in [0.4, 0.5) is 4.39 Å². The minimum absolute atomic E-state index is 0.0110. The molecule has 0 atom stereocenters. The summed E-state index contributed by atoms with van der Waals surface area (Å²) in [5.41, 5.74) is 0.637. The van der Waals surface area contributed by atoms with Gasteiger partial charge >= 0.3 is 0 Å². The number of hydrogen-bond donors (Lipinski definition) is 1. The van der Waals surface area contributed by atoms with E-state index in [1.54, 1.807) is 18.2 Å². The van der Waals surface area contributed by atoms with Crippen LogP contribution in [0.2, 0.25) is 0 Å². The molecule has 4 heteroatoms. The van der Waals surface area contributed by atoms with Crippen molar-refractivity contribution < 1.29 is 9.13 Å². The first-order valence-corrected chi connectivity index (χ1v) is 6.36. The van der Waals surface area contributed by atoms with Crippen molar-refractivity contribution in [3.8, 4) is 5.75 Å². The number of hydrogen-bond acceptors (Lipinski definition) is 2.